The van der Waals surface area contributed by atoms with Gasteiger partial charge in [0.05, 0.1) is 17.3 Å². The minimum absolute atomic E-state index is 0.332. The molecule has 0 saturated heterocycles. The summed E-state index contributed by atoms with van der Waals surface area (Å²) in [4.78, 5) is 14.1. The minimum Gasteiger partial charge on any atom is -0.462 e. The van der Waals surface area contributed by atoms with Crippen molar-refractivity contribution in [3.8, 4) is 0 Å². The standard InChI is InChI=1S/C11H18N2O2S/c1-4-6-13(3)9-7-8(12)10(16-9)11(14)15-5-2/h7H,4-6,12H2,1-3H3. The van der Waals surface area contributed by atoms with Crippen LogP contribution in [0, 0.1) is 0 Å². The lowest BCUT2D eigenvalue weighted by molar-refractivity contribution is 0.0533. The Bertz CT molecular complexity index is 363. The monoisotopic (exact) mass is 242 g/mol. The van der Waals surface area contributed by atoms with Gasteiger partial charge in [-0.05, 0) is 19.4 Å². The second-order valence-corrected chi connectivity index (χ2v) is 4.54. The minimum atomic E-state index is -0.332. The van der Waals surface area contributed by atoms with E-state index in [1.165, 1.54) is 11.3 Å². The third kappa shape index (κ3) is 2.88. The number of carbonyl (C=O) groups is 1. The van der Waals surface area contributed by atoms with Crippen LogP contribution in [0.5, 0.6) is 0 Å². The highest BCUT2D eigenvalue weighted by atomic mass is 32.1. The second-order valence-electron chi connectivity index (χ2n) is 3.51. The number of ether oxygens (including phenoxy) is 1. The summed E-state index contributed by atoms with van der Waals surface area (Å²) in [5.74, 6) is -0.332. The number of nitrogens with zero attached hydrogens (tertiary/aromatic N) is 1. The van der Waals surface area contributed by atoms with Crippen LogP contribution in [0.3, 0.4) is 0 Å². The number of hydrogen-bond donors (Lipinski definition) is 1. The van der Waals surface area contributed by atoms with Gasteiger partial charge in [-0.2, -0.15) is 0 Å². The van der Waals surface area contributed by atoms with Crippen LogP contribution in [0.25, 0.3) is 0 Å². The molecule has 1 aromatic rings. The maximum absolute atomic E-state index is 11.5. The molecule has 0 fully saturated rings. The Morgan fingerprint density at radius 3 is 2.81 bits per heavy atom. The molecule has 0 aliphatic rings. The number of nitrogen functional groups attached to an aromatic ring is 1. The Labute approximate surface area is 100 Å². The highest BCUT2D eigenvalue weighted by Gasteiger charge is 2.16. The van der Waals surface area contributed by atoms with Crippen LogP contribution in [-0.2, 0) is 4.74 Å². The Morgan fingerprint density at radius 1 is 1.56 bits per heavy atom. The molecule has 0 aliphatic carbocycles. The Hall–Kier alpha value is -1.23. The Morgan fingerprint density at radius 2 is 2.25 bits per heavy atom. The predicted molar refractivity (Wildman–Crippen MR) is 68.2 cm³/mol. The van der Waals surface area contributed by atoms with E-state index in [2.05, 4.69) is 11.8 Å². The lowest BCUT2D eigenvalue weighted by atomic mass is 10.4. The number of esters is 1. The van der Waals surface area contributed by atoms with Crippen molar-refractivity contribution in [1.29, 1.82) is 0 Å². The quantitative estimate of drug-likeness (QED) is 0.805. The zero-order chi connectivity index (χ0) is 12.1. The van der Waals surface area contributed by atoms with Gasteiger partial charge in [-0.1, -0.05) is 6.92 Å². The first-order chi connectivity index (χ1) is 7.60. The van der Waals surface area contributed by atoms with E-state index in [1.807, 2.05) is 13.1 Å². The molecular formula is C11H18N2O2S. The van der Waals surface area contributed by atoms with Crippen LogP contribution < -0.4 is 10.6 Å². The highest BCUT2D eigenvalue weighted by molar-refractivity contribution is 7.18. The molecule has 0 aromatic carbocycles. The van der Waals surface area contributed by atoms with E-state index >= 15 is 0 Å². The highest BCUT2D eigenvalue weighted by Crippen LogP contribution is 2.32. The van der Waals surface area contributed by atoms with Crippen LogP contribution in [0.4, 0.5) is 10.7 Å². The molecule has 4 nitrogen and oxygen atoms in total. The zero-order valence-corrected chi connectivity index (χ0v) is 10.8. The van der Waals surface area contributed by atoms with Gasteiger partial charge in [0.25, 0.3) is 0 Å². The number of carbonyl (C=O) groups excluding carboxylic acids is 1. The van der Waals surface area contributed by atoms with Crippen molar-refractivity contribution in [3.05, 3.63) is 10.9 Å². The van der Waals surface area contributed by atoms with Crippen molar-refractivity contribution in [3.63, 3.8) is 0 Å². The molecule has 0 radical (unpaired) electrons. The van der Waals surface area contributed by atoms with E-state index in [0.717, 1.165) is 18.0 Å². The van der Waals surface area contributed by atoms with Gasteiger partial charge >= 0.3 is 5.97 Å². The lowest BCUT2D eigenvalue weighted by Crippen LogP contribution is -2.16. The number of anilines is 2. The molecule has 0 atom stereocenters. The van der Waals surface area contributed by atoms with Gasteiger partial charge in [-0.3, -0.25) is 0 Å². The molecule has 0 unspecified atom stereocenters. The number of nitrogens with two attached hydrogens (primary N) is 1. The summed E-state index contributed by atoms with van der Waals surface area (Å²) in [7, 11) is 1.99. The molecule has 2 N–H and O–H groups in total. The van der Waals surface area contributed by atoms with Crippen molar-refractivity contribution in [2.45, 2.75) is 20.3 Å². The lowest BCUT2D eigenvalue weighted by Gasteiger charge is -2.14. The molecule has 1 heterocycles. The first-order valence-corrected chi connectivity index (χ1v) is 6.19. The van der Waals surface area contributed by atoms with Gasteiger partial charge < -0.3 is 15.4 Å². The maximum atomic E-state index is 11.5. The topological polar surface area (TPSA) is 55.6 Å². The number of rotatable bonds is 5. The molecule has 5 heteroatoms. The Kier molecular flexibility index (Phi) is 4.61. The average Bonchev–Trinajstić information content (AvgIpc) is 2.61. The molecule has 0 aliphatic heterocycles. The fraction of sp³-hybridized carbons (Fsp3) is 0.545. The molecular weight excluding hydrogens is 224 g/mol. The molecule has 90 valence electrons. The molecule has 1 rings (SSSR count). The van der Waals surface area contributed by atoms with Gasteiger partial charge in [0.2, 0.25) is 0 Å². The van der Waals surface area contributed by atoms with Crippen LogP contribution in [0.2, 0.25) is 0 Å². The van der Waals surface area contributed by atoms with E-state index in [0.29, 0.717) is 17.2 Å². The van der Waals surface area contributed by atoms with Gasteiger partial charge in [0.1, 0.15) is 4.88 Å². The van der Waals surface area contributed by atoms with E-state index in [9.17, 15) is 4.79 Å². The average molecular weight is 242 g/mol. The molecule has 0 saturated carbocycles. The zero-order valence-electron chi connectivity index (χ0n) is 9.95. The summed E-state index contributed by atoms with van der Waals surface area (Å²) in [6.07, 6.45) is 1.06. The third-order valence-electron chi connectivity index (χ3n) is 2.14. The van der Waals surface area contributed by atoms with Gasteiger partial charge in [-0.25, -0.2) is 4.79 Å². The van der Waals surface area contributed by atoms with Crippen LogP contribution in [0.1, 0.15) is 29.9 Å². The van der Waals surface area contributed by atoms with Crippen molar-refractivity contribution in [2.24, 2.45) is 0 Å². The largest absolute Gasteiger partial charge is 0.462 e. The van der Waals surface area contributed by atoms with E-state index < -0.39 is 0 Å². The summed E-state index contributed by atoms with van der Waals surface area (Å²) in [6, 6.07) is 1.83. The van der Waals surface area contributed by atoms with Gasteiger partial charge in [0, 0.05) is 13.6 Å². The van der Waals surface area contributed by atoms with Crippen molar-refractivity contribution in [2.75, 3.05) is 30.8 Å². The van der Waals surface area contributed by atoms with Crippen LogP contribution in [-0.4, -0.2) is 26.2 Å². The maximum Gasteiger partial charge on any atom is 0.350 e. The smallest absolute Gasteiger partial charge is 0.350 e. The first kappa shape index (κ1) is 12.8. The van der Waals surface area contributed by atoms with Crippen molar-refractivity contribution in [1.82, 2.24) is 0 Å². The van der Waals surface area contributed by atoms with Crippen molar-refractivity contribution >= 4 is 28.0 Å². The van der Waals surface area contributed by atoms with Crippen molar-refractivity contribution < 1.29 is 9.53 Å². The fourth-order valence-electron chi connectivity index (χ4n) is 1.38. The predicted octanol–water partition coefficient (Wildman–Crippen LogP) is 2.35. The normalized spacial score (nSPS) is 10.2. The molecule has 0 spiro atoms. The summed E-state index contributed by atoms with van der Waals surface area (Å²) in [5, 5.41) is 1.00. The third-order valence-corrected chi connectivity index (χ3v) is 3.39. The van der Waals surface area contributed by atoms with E-state index in [-0.39, 0.29) is 5.97 Å². The number of hydrogen-bond acceptors (Lipinski definition) is 5. The van der Waals surface area contributed by atoms with Crippen LogP contribution >= 0.6 is 11.3 Å². The molecule has 0 bridgehead atoms. The number of thiophene rings is 1. The van der Waals surface area contributed by atoms with E-state index in [4.69, 9.17) is 10.5 Å². The first-order valence-electron chi connectivity index (χ1n) is 5.37. The Balaban J connectivity index is 2.84. The van der Waals surface area contributed by atoms with Crippen LogP contribution in [0.15, 0.2) is 6.07 Å². The molecule has 1 aromatic heterocycles. The SMILES string of the molecule is CCCN(C)c1cc(N)c(C(=O)OCC)s1. The summed E-state index contributed by atoms with van der Waals surface area (Å²) >= 11 is 1.38. The summed E-state index contributed by atoms with van der Waals surface area (Å²) < 4.78 is 4.93. The summed E-state index contributed by atoms with van der Waals surface area (Å²) in [6.45, 7) is 5.21. The van der Waals surface area contributed by atoms with E-state index in [1.54, 1.807) is 6.92 Å². The molecule has 16 heavy (non-hydrogen) atoms. The van der Waals surface area contributed by atoms with Gasteiger partial charge in [-0.15, -0.1) is 11.3 Å². The second kappa shape index (κ2) is 5.75. The fourth-order valence-corrected chi connectivity index (χ4v) is 2.34. The molecule has 0 amide bonds. The van der Waals surface area contributed by atoms with Gasteiger partial charge in [0.15, 0.2) is 0 Å². The summed E-state index contributed by atoms with van der Waals surface area (Å²) in [5.41, 5.74) is 6.29.